The molecule has 1 aromatic rings. The summed E-state index contributed by atoms with van der Waals surface area (Å²) in [7, 11) is 0. The fourth-order valence-electron chi connectivity index (χ4n) is 3.03. The van der Waals surface area contributed by atoms with Crippen molar-refractivity contribution in [2.24, 2.45) is 11.3 Å². The van der Waals surface area contributed by atoms with E-state index in [1.165, 1.54) is 12.8 Å². The maximum absolute atomic E-state index is 4.63. The van der Waals surface area contributed by atoms with Gasteiger partial charge in [0, 0.05) is 25.7 Å². The van der Waals surface area contributed by atoms with Crippen molar-refractivity contribution >= 4 is 11.6 Å². The van der Waals surface area contributed by atoms with Crippen LogP contribution in [0.5, 0.6) is 0 Å². The molecule has 0 amide bonds. The first-order valence-corrected chi connectivity index (χ1v) is 8.24. The zero-order chi connectivity index (χ0) is 15.5. The summed E-state index contributed by atoms with van der Waals surface area (Å²) in [5.74, 6) is 3.70. The molecule has 4 nitrogen and oxygen atoms in total. The molecule has 118 valence electrons. The van der Waals surface area contributed by atoms with Crippen LogP contribution in [0.1, 0.15) is 52.8 Å². The number of anilines is 2. The molecule has 1 aromatic heterocycles. The lowest BCUT2D eigenvalue weighted by Crippen LogP contribution is -2.38. The summed E-state index contributed by atoms with van der Waals surface area (Å²) < 4.78 is 0. The van der Waals surface area contributed by atoms with E-state index >= 15 is 0 Å². The normalized spacial score (nSPS) is 17.1. The summed E-state index contributed by atoms with van der Waals surface area (Å²) in [6, 6.07) is 2.10. The lowest BCUT2D eigenvalue weighted by atomic mass is 9.75. The Balaban J connectivity index is 2.04. The molecule has 2 heterocycles. The van der Waals surface area contributed by atoms with Crippen LogP contribution in [0.2, 0.25) is 0 Å². The Morgan fingerprint density at radius 3 is 2.48 bits per heavy atom. The quantitative estimate of drug-likeness (QED) is 0.914. The molecule has 0 atom stereocenters. The van der Waals surface area contributed by atoms with E-state index in [4.69, 9.17) is 0 Å². The maximum atomic E-state index is 4.63. The molecule has 1 N–H and O–H groups in total. The van der Waals surface area contributed by atoms with E-state index in [1.54, 1.807) is 0 Å². The van der Waals surface area contributed by atoms with E-state index in [1.807, 2.05) is 6.92 Å². The Hall–Kier alpha value is -1.32. The second-order valence-corrected chi connectivity index (χ2v) is 7.21. The molecular formula is C17H30N4. The summed E-state index contributed by atoms with van der Waals surface area (Å²) >= 11 is 0. The highest BCUT2D eigenvalue weighted by molar-refractivity contribution is 5.49. The Morgan fingerprint density at radius 1 is 1.24 bits per heavy atom. The molecule has 1 fully saturated rings. The SMILES string of the molecule is CCCNc1cc(N2CCC(C(C)(C)C)CC2)nc(C)n1. The van der Waals surface area contributed by atoms with Gasteiger partial charge in [-0.15, -0.1) is 0 Å². The van der Waals surface area contributed by atoms with Crippen molar-refractivity contribution in [2.45, 2.75) is 53.9 Å². The number of piperidine rings is 1. The van der Waals surface area contributed by atoms with Gasteiger partial charge in [0.15, 0.2) is 0 Å². The first-order valence-electron chi connectivity index (χ1n) is 8.24. The lowest BCUT2D eigenvalue weighted by Gasteiger charge is -2.39. The van der Waals surface area contributed by atoms with Gasteiger partial charge < -0.3 is 10.2 Å². The third-order valence-electron chi connectivity index (χ3n) is 4.42. The minimum atomic E-state index is 0.418. The first-order chi connectivity index (χ1) is 9.90. The van der Waals surface area contributed by atoms with Crippen LogP contribution in [0, 0.1) is 18.3 Å². The number of aryl methyl sites for hydroxylation is 1. The van der Waals surface area contributed by atoms with Crippen LogP contribution in [0.3, 0.4) is 0 Å². The smallest absolute Gasteiger partial charge is 0.134 e. The van der Waals surface area contributed by atoms with E-state index in [0.717, 1.165) is 49.4 Å². The van der Waals surface area contributed by atoms with Gasteiger partial charge in [0.2, 0.25) is 0 Å². The number of aromatic nitrogens is 2. The van der Waals surface area contributed by atoms with Gasteiger partial charge in [0.05, 0.1) is 0 Å². The zero-order valence-electron chi connectivity index (χ0n) is 14.2. The average molecular weight is 290 g/mol. The summed E-state index contributed by atoms with van der Waals surface area (Å²) in [6.45, 7) is 14.4. The largest absolute Gasteiger partial charge is 0.370 e. The number of rotatable bonds is 4. The molecular weight excluding hydrogens is 260 g/mol. The van der Waals surface area contributed by atoms with Crippen LogP contribution in [0.15, 0.2) is 6.07 Å². The Morgan fingerprint density at radius 2 is 1.90 bits per heavy atom. The summed E-state index contributed by atoms with van der Waals surface area (Å²) in [5, 5.41) is 3.37. The molecule has 0 bridgehead atoms. The molecule has 1 aliphatic heterocycles. The van der Waals surface area contributed by atoms with Gasteiger partial charge in [-0.3, -0.25) is 0 Å². The van der Waals surface area contributed by atoms with Gasteiger partial charge in [-0.05, 0) is 37.5 Å². The Bertz CT molecular complexity index is 456. The van der Waals surface area contributed by atoms with Crippen molar-refractivity contribution in [1.82, 2.24) is 9.97 Å². The summed E-state index contributed by atoms with van der Waals surface area (Å²) in [5.41, 5.74) is 0.418. The van der Waals surface area contributed by atoms with Crippen LogP contribution in [0.4, 0.5) is 11.6 Å². The molecule has 0 aliphatic carbocycles. The van der Waals surface area contributed by atoms with Gasteiger partial charge in [0.25, 0.3) is 0 Å². The Labute approximate surface area is 129 Å². The molecule has 21 heavy (non-hydrogen) atoms. The molecule has 0 unspecified atom stereocenters. The molecule has 0 aromatic carbocycles. The van der Waals surface area contributed by atoms with Gasteiger partial charge >= 0.3 is 0 Å². The summed E-state index contributed by atoms with van der Waals surface area (Å²) in [4.78, 5) is 11.5. The van der Waals surface area contributed by atoms with E-state index in [-0.39, 0.29) is 0 Å². The standard InChI is InChI=1S/C17H30N4/c1-6-9-18-15-12-16(20-13(2)19-15)21-10-7-14(8-11-21)17(3,4)5/h12,14H,6-11H2,1-5H3,(H,18,19,20). The van der Waals surface area contributed by atoms with Gasteiger partial charge in [-0.2, -0.15) is 0 Å². The molecule has 1 aliphatic rings. The molecule has 2 rings (SSSR count). The van der Waals surface area contributed by atoms with Crippen LogP contribution < -0.4 is 10.2 Å². The van der Waals surface area contributed by atoms with E-state index in [2.05, 4.69) is 53.9 Å². The van der Waals surface area contributed by atoms with E-state index in [0.29, 0.717) is 5.41 Å². The van der Waals surface area contributed by atoms with E-state index < -0.39 is 0 Å². The van der Waals surface area contributed by atoms with Crippen LogP contribution >= 0.6 is 0 Å². The minimum Gasteiger partial charge on any atom is -0.370 e. The third kappa shape index (κ3) is 4.32. The average Bonchev–Trinajstić information content (AvgIpc) is 2.44. The second kappa shape index (κ2) is 6.63. The summed E-state index contributed by atoms with van der Waals surface area (Å²) in [6.07, 6.45) is 3.61. The van der Waals surface area contributed by atoms with Gasteiger partial charge in [-0.25, -0.2) is 9.97 Å². The van der Waals surface area contributed by atoms with Crippen LogP contribution in [-0.2, 0) is 0 Å². The fraction of sp³-hybridized carbons (Fsp3) is 0.765. The van der Waals surface area contributed by atoms with Crippen molar-refractivity contribution < 1.29 is 0 Å². The molecule has 1 saturated heterocycles. The van der Waals surface area contributed by atoms with Crippen molar-refractivity contribution in [3.63, 3.8) is 0 Å². The second-order valence-electron chi connectivity index (χ2n) is 7.21. The van der Waals surface area contributed by atoms with Crippen molar-refractivity contribution in [2.75, 3.05) is 29.9 Å². The molecule has 0 saturated carbocycles. The van der Waals surface area contributed by atoms with E-state index in [9.17, 15) is 0 Å². The predicted molar refractivity (Wildman–Crippen MR) is 89.9 cm³/mol. The van der Waals surface area contributed by atoms with Crippen molar-refractivity contribution in [1.29, 1.82) is 0 Å². The van der Waals surface area contributed by atoms with Crippen LogP contribution in [-0.4, -0.2) is 29.6 Å². The third-order valence-corrected chi connectivity index (χ3v) is 4.42. The number of nitrogens with zero attached hydrogens (tertiary/aromatic N) is 3. The fourth-order valence-corrected chi connectivity index (χ4v) is 3.03. The predicted octanol–water partition coefficient (Wildman–Crippen LogP) is 3.87. The number of hydrogen-bond acceptors (Lipinski definition) is 4. The molecule has 0 spiro atoms. The highest BCUT2D eigenvalue weighted by Gasteiger charge is 2.29. The topological polar surface area (TPSA) is 41.0 Å². The van der Waals surface area contributed by atoms with Crippen molar-refractivity contribution in [3.8, 4) is 0 Å². The van der Waals surface area contributed by atoms with Crippen LogP contribution in [0.25, 0.3) is 0 Å². The lowest BCUT2D eigenvalue weighted by molar-refractivity contribution is 0.198. The molecule has 0 radical (unpaired) electrons. The maximum Gasteiger partial charge on any atom is 0.134 e. The highest BCUT2D eigenvalue weighted by Crippen LogP contribution is 2.35. The van der Waals surface area contributed by atoms with Gasteiger partial charge in [0.1, 0.15) is 17.5 Å². The highest BCUT2D eigenvalue weighted by atomic mass is 15.2. The van der Waals surface area contributed by atoms with Crippen molar-refractivity contribution in [3.05, 3.63) is 11.9 Å². The minimum absolute atomic E-state index is 0.418. The number of hydrogen-bond donors (Lipinski definition) is 1. The first kappa shape index (κ1) is 16.1. The Kier molecular flexibility index (Phi) is 5.07. The molecule has 4 heteroatoms. The monoisotopic (exact) mass is 290 g/mol. The zero-order valence-corrected chi connectivity index (χ0v) is 14.2. The van der Waals surface area contributed by atoms with Gasteiger partial charge in [-0.1, -0.05) is 27.7 Å². The number of nitrogens with one attached hydrogen (secondary N) is 1.